The minimum atomic E-state index is -0.790. The summed E-state index contributed by atoms with van der Waals surface area (Å²) in [6, 6.07) is 9.99. The number of rotatable bonds is 3. The van der Waals surface area contributed by atoms with Gasteiger partial charge < -0.3 is 9.84 Å². The van der Waals surface area contributed by atoms with E-state index >= 15 is 0 Å². The van der Waals surface area contributed by atoms with Gasteiger partial charge in [-0.1, -0.05) is 28.1 Å². The number of aliphatic hydroxyl groups excluding tert-OH is 1. The number of hydrogen-bond acceptors (Lipinski definition) is 2. The third kappa shape index (κ3) is 3.14. The summed E-state index contributed by atoms with van der Waals surface area (Å²) in [5.74, 6) is 0.152. The molecule has 0 heterocycles. The summed E-state index contributed by atoms with van der Waals surface area (Å²) >= 11 is 3.36. The molecule has 2 rings (SSSR count). The molecule has 4 heteroatoms. The van der Waals surface area contributed by atoms with Gasteiger partial charge in [0.25, 0.3) is 0 Å². The Hall–Kier alpha value is -1.39. The van der Waals surface area contributed by atoms with Crippen molar-refractivity contribution in [3.63, 3.8) is 0 Å². The molecule has 0 saturated heterocycles. The molecule has 0 aliphatic carbocycles. The van der Waals surface area contributed by atoms with Crippen molar-refractivity contribution in [3.8, 4) is 11.5 Å². The summed E-state index contributed by atoms with van der Waals surface area (Å²) in [6.45, 7) is 3.46. The average molecular weight is 325 g/mol. The molecule has 1 N–H and O–H groups in total. The molecule has 0 aromatic heterocycles. The van der Waals surface area contributed by atoms with Gasteiger partial charge in [0.15, 0.2) is 11.6 Å². The Morgan fingerprint density at radius 2 is 2.00 bits per heavy atom. The maximum absolute atomic E-state index is 13.9. The Bertz CT molecular complexity index is 597. The number of hydrogen-bond donors (Lipinski definition) is 1. The van der Waals surface area contributed by atoms with Crippen molar-refractivity contribution in [2.24, 2.45) is 0 Å². The first kappa shape index (κ1) is 14.0. The van der Waals surface area contributed by atoms with Gasteiger partial charge >= 0.3 is 0 Å². The lowest BCUT2D eigenvalue weighted by Crippen LogP contribution is -1.99. The molecule has 100 valence electrons. The van der Waals surface area contributed by atoms with Gasteiger partial charge in [0.05, 0.1) is 6.10 Å². The van der Waals surface area contributed by atoms with Crippen LogP contribution >= 0.6 is 15.9 Å². The molecule has 2 aromatic carbocycles. The van der Waals surface area contributed by atoms with E-state index in [0.29, 0.717) is 11.3 Å². The summed E-state index contributed by atoms with van der Waals surface area (Å²) in [5.41, 5.74) is 1.32. The van der Waals surface area contributed by atoms with Crippen molar-refractivity contribution in [3.05, 3.63) is 57.8 Å². The summed E-state index contributed by atoms with van der Waals surface area (Å²) in [4.78, 5) is 0. The standard InChI is InChI=1S/C15H14BrFO2/c1-9-8-11(16)6-7-14(9)19-15-12(10(2)18)4-3-5-13(15)17/h3-8,10,18H,1-2H3/t10-/m1/s1. The zero-order valence-electron chi connectivity index (χ0n) is 10.7. The van der Waals surface area contributed by atoms with Gasteiger partial charge in [0, 0.05) is 10.0 Å². The first-order valence-electron chi connectivity index (χ1n) is 5.89. The zero-order chi connectivity index (χ0) is 14.0. The van der Waals surface area contributed by atoms with Gasteiger partial charge in [-0.05, 0) is 43.7 Å². The van der Waals surface area contributed by atoms with Crippen LogP contribution in [0.15, 0.2) is 40.9 Å². The van der Waals surface area contributed by atoms with Gasteiger partial charge in [-0.15, -0.1) is 0 Å². The van der Waals surface area contributed by atoms with Crippen molar-refractivity contribution in [2.75, 3.05) is 0 Å². The first-order chi connectivity index (χ1) is 8.99. The third-order valence-corrected chi connectivity index (χ3v) is 3.29. The second kappa shape index (κ2) is 5.72. The van der Waals surface area contributed by atoms with Crippen LogP contribution in [0.1, 0.15) is 24.2 Å². The van der Waals surface area contributed by atoms with Gasteiger partial charge in [0.2, 0.25) is 0 Å². The smallest absolute Gasteiger partial charge is 0.168 e. The maximum Gasteiger partial charge on any atom is 0.168 e. The summed E-state index contributed by atoms with van der Waals surface area (Å²) in [7, 11) is 0. The molecule has 0 saturated carbocycles. The second-order valence-electron chi connectivity index (χ2n) is 4.35. The van der Waals surface area contributed by atoms with Crippen LogP contribution in [-0.4, -0.2) is 5.11 Å². The quantitative estimate of drug-likeness (QED) is 0.883. The van der Waals surface area contributed by atoms with E-state index < -0.39 is 11.9 Å². The lowest BCUT2D eigenvalue weighted by molar-refractivity contribution is 0.194. The first-order valence-corrected chi connectivity index (χ1v) is 6.69. The number of benzene rings is 2. The summed E-state index contributed by atoms with van der Waals surface area (Å²) in [6.07, 6.45) is -0.790. The minimum Gasteiger partial charge on any atom is -0.454 e. The molecule has 0 radical (unpaired) electrons. The fourth-order valence-electron chi connectivity index (χ4n) is 1.80. The van der Waals surface area contributed by atoms with Crippen molar-refractivity contribution in [2.45, 2.75) is 20.0 Å². The van der Waals surface area contributed by atoms with E-state index in [0.717, 1.165) is 10.0 Å². The summed E-state index contributed by atoms with van der Waals surface area (Å²) in [5, 5.41) is 9.67. The fraction of sp³-hybridized carbons (Fsp3) is 0.200. The molecule has 0 fully saturated rings. The SMILES string of the molecule is Cc1cc(Br)ccc1Oc1c(F)cccc1[C@@H](C)O. The van der Waals surface area contributed by atoms with Gasteiger partial charge in [-0.2, -0.15) is 0 Å². The second-order valence-corrected chi connectivity index (χ2v) is 5.26. The Labute approximate surface area is 120 Å². The number of ether oxygens (including phenoxy) is 1. The monoisotopic (exact) mass is 324 g/mol. The van der Waals surface area contributed by atoms with E-state index in [1.54, 1.807) is 25.1 Å². The van der Waals surface area contributed by atoms with Crippen LogP contribution in [0, 0.1) is 12.7 Å². The van der Waals surface area contributed by atoms with Crippen LogP contribution in [0.25, 0.3) is 0 Å². The molecule has 0 aliphatic rings. The van der Waals surface area contributed by atoms with Crippen LogP contribution in [0.5, 0.6) is 11.5 Å². The molecule has 1 atom stereocenters. The van der Waals surface area contributed by atoms with Crippen LogP contribution in [0.2, 0.25) is 0 Å². The average Bonchev–Trinajstić information content (AvgIpc) is 2.34. The van der Waals surface area contributed by atoms with Crippen LogP contribution in [0.4, 0.5) is 4.39 Å². The molecular formula is C15H14BrFO2. The van der Waals surface area contributed by atoms with Crippen LogP contribution in [-0.2, 0) is 0 Å². The molecular weight excluding hydrogens is 311 g/mol. The normalized spacial score (nSPS) is 12.3. The largest absolute Gasteiger partial charge is 0.454 e. The van der Waals surface area contributed by atoms with E-state index in [1.807, 2.05) is 19.1 Å². The maximum atomic E-state index is 13.9. The predicted molar refractivity (Wildman–Crippen MR) is 76.0 cm³/mol. The molecule has 0 unspecified atom stereocenters. The van der Waals surface area contributed by atoms with Crippen molar-refractivity contribution < 1.29 is 14.2 Å². The van der Waals surface area contributed by atoms with E-state index in [4.69, 9.17) is 4.74 Å². The van der Waals surface area contributed by atoms with Crippen molar-refractivity contribution in [1.82, 2.24) is 0 Å². The van der Waals surface area contributed by atoms with E-state index in [1.165, 1.54) is 6.07 Å². The fourth-order valence-corrected chi connectivity index (χ4v) is 2.28. The number of aliphatic hydroxyl groups is 1. The number of aryl methyl sites for hydroxylation is 1. The van der Waals surface area contributed by atoms with Gasteiger partial charge in [-0.25, -0.2) is 4.39 Å². The van der Waals surface area contributed by atoms with Gasteiger partial charge in [-0.3, -0.25) is 0 Å². The number of para-hydroxylation sites is 1. The molecule has 0 bridgehead atoms. The Kier molecular flexibility index (Phi) is 4.22. The third-order valence-electron chi connectivity index (χ3n) is 2.80. The highest BCUT2D eigenvalue weighted by molar-refractivity contribution is 9.10. The van der Waals surface area contributed by atoms with Crippen molar-refractivity contribution in [1.29, 1.82) is 0 Å². The topological polar surface area (TPSA) is 29.5 Å². The number of halogens is 2. The predicted octanol–water partition coefficient (Wildman–Crippen LogP) is 4.74. The van der Waals surface area contributed by atoms with Crippen molar-refractivity contribution >= 4 is 15.9 Å². The lowest BCUT2D eigenvalue weighted by atomic mass is 10.1. The molecule has 0 aliphatic heterocycles. The Balaban J connectivity index is 2.43. The van der Waals surface area contributed by atoms with Gasteiger partial charge in [0.1, 0.15) is 5.75 Å². The minimum absolute atomic E-state index is 0.0722. The molecule has 2 nitrogen and oxygen atoms in total. The molecule has 2 aromatic rings. The Morgan fingerprint density at radius 1 is 1.26 bits per heavy atom. The molecule has 19 heavy (non-hydrogen) atoms. The molecule has 0 amide bonds. The lowest BCUT2D eigenvalue weighted by Gasteiger charge is -2.15. The van der Waals surface area contributed by atoms with E-state index in [9.17, 15) is 9.50 Å². The molecule has 0 spiro atoms. The van der Waals surface area contributed by atoms with Crippen LogP contribution in [0.3, 0.4) is 0 Å². The van der Waals surface area contributed by atoms with Crippen LogP contribution < -0.4 is 4.74 Å². The highest BCUT2D eigenvalue weighted by atomic mass is 79.9. The zero-order valence-corrected chi connectivity index (χ0v) is 12.2. The highest BCUT2D eigenvalue weighted by Gasteiger charge is 2.15. The van der Waals surface area contributed by atoms with E-state index in [2.05, 4.69) is 15.9 Å². The summed E-state index contributed by atoms with van der Waals surface area (Å²) < 4.78 is 20.4. The Morgan fingerprint density at radius 3 is 2.63 bits per heavy atom. The van der Waals surface area contributed by atoms with E-state index in [-0.39, 0.29) is 5.75 Å². The highest BCUT2D eigenvalue weighted by Crippen LogP contribution is 2.34.